The zero-order chi connectivity index (χ0) is 22.5. The van der Waals surface area contributed by atoms with Gasteiger partial charge in [-0.25, -0.2) is 4.39 Å². The Morgan fingerprint density at radius 3 is 2.61 bits per heavy atom. The number of rotatable bonds is 6. The van der Waals surface area contributed by atoms with Crippen molar-refractivity contribution in [3.8, 4) is 17.2 Å². The van der Waals surface area contributed by atoms with Crippen LogP contribution < -0.4 is 19.5 Å². The Balaban J connectivity index is 0.00000306. The van der Waals surface area contributed by atoms with E-state index in [4.69, 9.17) is 23.9 Å². The molecule has 0 radical (unpaired) electrons. The minimum Gasteiger partial charge on any atom is -0.493 e. The second kappa shape index (κ2) is 11.7. The van der Waals surface area contributed by atoms with Crippen LogP contribution in [0, 0.1) is 5.82 Å². The largest absolute Gasteiger partial charge is 0.493 e. The monoisotopic (exact) mass is 571 g/mol. The average Bonchev–Trinajstić information content (AvgIpc) is 2.82. The van der Waals surface area contributed by atoms with Gasteiger partial charge >= 0.3 is 0 Å². The van der Waals surface area contributed by atoms with Gasteiger partial charge in [-0.1, -0.05) is 0 Å². The van der Waals surface area contributed by atoms with Crippen LogP contribution in [0.15, 0.2) is 29.3 Å². The van der Waals surface area contributed by atoms with Gasteiger partial charge in [-0.05, 0) is 60.7 Å². The van der Waals surface area contributed by atoms with E-state index in [1.54, 1.807) is 14.2 Å². The summed E-state index contributed by atoms with van der Waals surface area (Å²) in [6.45, 7) is 5.49. The number of halogens is 2. The average molecular weight is 571 g/mol. The summed E-state index contributed by atoms with van der Waals surface area (Å²) in [6.07, 6.45) is 1.48. The molecule has 4 rings (SSSR count). The Bertz CT molecular complexity index is 1000. The van der Waals surface area contributed by atoms with Gasteiger partial charge in [0.25, 0.3) is 0 Å². The van der Waals surface area contributed by atoms with Gasteiger partial charge in [-0.15, -0.1) is 24.0 Å². The Labute approximate surface area is 211 Å². The molecule has 2 aliphatic heterocycles. The Kier molecular flexibility index (Phi) is 9.02. The molecule has 0 bridgehead atoms. The number of fused-ring (bicyclic) bond motifs is 2. The number of hydrogen-bond donors (Lipinski definition) is 1. The maximum absolute atomic E-state index is 14.0. The quantitative estimate of drug-likeness (QED) is 0.323. The summed E-state index contributed by atoms with van der Waals surface area (Å²) in [7, 11) is 3.31. The van der Waals surface area contributed by atoms with Gasteiger partial charge in [-0.3, -0.25) is 4.99 Å². The smallest absolute Gasteiger partial charge is 0.194 e. The van der Waals surface area contributed by atoms with Crippen molar-refractivity contribution >= 4 is 29.9 Å². The number of nitrogens with zero attached hydrogens (tertiary/aromatic N) is 2. The summed E-state index contributed by atoms with van der Waals surface area (Å²) < 4.78 is 35.8. The first-order chi connectivity index (χ1) is 15.6. The third-order valence-electron chi connectivity index (χ3n) is 5.75. The van der Waals surface area contributed by atoms with Crippen LogP contribution in [0.1, 0.15) is 29.2 Å². The van der Waals surface area contributed by atoms with Crippen molar-refractivity contribution in [2.24, 2.45) is 4.99 Å². The molecule has 180 valence electrons. The number of aliphatic imine (C=N–C) groups is 1. The predicted octanol–water partition coefficient (Wildman–Crippen LogP) is 3.89. The number of nitrogens with one attached hydrogen (secondary N) is 1. The van der Waals surface area contributed by atoms with Crippen LogP contribution in [-0.4, -0.2) is 51.5 Å². The van der Waals surface area contributed by atoms with Gasteiger partial charge in [0.2, 0.25) is 0 Å². The van der Waals surface area contributed by atoms with Crippen molar-refractivity contribution in [2.45, 2.75) is 32.9 Å². The van der Waals surface area contributed by atoms with Gasteiger partial charge < -0.3 is 29.2 Å². The molecular formula is C24H31FIN3O4. The summed E-state index contributed by atoms with van der Waals surface area (Å²) in [6, 6.07) is 7.11. The molecule has 2 aromatic rings. The first-order valence-corrected chi connectivity index (χ1v) is 10.9. The number of guanidine groups is 1. The molecular weight excluding hydrogens is 540 g/mol. The summed E-state index contributed by atoms with van der Waals surface area (Å²) in [5.41, 5.74) is 4.04. The fraction of sp³-hybridized carbons (Fsp3) is 0.458. The number of benzene rings is 2. The number of methoxy groups -OCH3 is 2. The molecule has 0 saturated carbocycles. The Morgan fingerprint density at radius 2 is 1.88 bits per heavy atom. The topological polar surface area (TPSA) is 64.6 Å². The van der Waals surface area contributed by atoms with Gasteiger partial charge in [0.05, 0.1) is 20.8 Å². The van der Waals surface area contributed by atoms with Crippen molar-refractivity contribution < 1.29 is 23.3 Å². The molecule has 7 nitrogen and oxygen atoms in total. The second-order valence-corrected chi connectivity index (χ2v) is 7.80. The molecule has 0 aromatic heterocycles. The summed E-state index contributed by atoms with van der Waals surface area (Å²) in [5.74, 6) is 2.79. The normalized spacial score (nSPS) is 15.0. The first kappa shape index (κ1) is 25.4. The van der Waals surface area contributed by atoms with E-state index in [9.17, 15) is 4.39 Å². The lowest BCUT2D eigenvalue weighted by molar-refractivity contribution is -0.0172. The fourth-order valence-electron chi connectivity index (χ4n) is 4.21. The van der Waals surface area contributed by atoms with Crippen LogP contribution in [-0.2, 0) is 30.7 Å². The molecule has 0 atom stereocenters. The minimum atomic E-state index is -0.277. The molecule has 0 saturated heterocycles. The van der Waals surface area contributed by atoms with E-state index in [2.05, 4.69) is 23.2 Å². The van der Waals surface area contributed by atoms with Crippen LogP contribution in [0.25, 0.3) is 0 Å². The lowest BCUT2D eigenvalue weighted by atomic mass is 9.99. The van der Waals surface area contributed by atoms with Crippen LogP contribution in [0.3, 0.4) is 0 Å². The van der Waals surface area contributed by atoms with Gasteiger partial charge in [0.15, 0.2) is 24.3 Å². The van der Waals surface area contributed by atoms with Crippen molar-refractivity contribution in [2.75, 3.05) is 40.6 Å². The Hall–Kier alpha value is -2.27. The van der Waals surface area contributed by atoms with Crippen LogP contribution in [0.2, 0.25) is 0 Å². The number of hydrogen-bond acceptors (Lipinski definition) is 5. The van der Waals surface area contributed by atoms with Crippen molar-refractivity contribution in [1.29, 1.82) is 0 Å². The van der Waals surface area contributed by atoms with Crippen LogP contribution in [0.4, 0.5) is 4.39 Å². The fourth-order valence-corrected chi connectivity index (χ4v) is 4.21. The van der Waals surface area contributed by atoms with Gasteiger partial charge in [0, 0.05) is 31.7 Å². The number of ether oxygens (including phenoxy) is 4. The molecule has 0 spiro atoms. The second-order valence-electron chi connectivity index (χ2n) is 7.80. The van der Waals surface area contributed by atoms with Crippen molar-refractivity contribution in [3.05, 3.63) is 52.3 Å². The van der Waals surface area contributed by atoms with Crippen LogP contribution >= 0.6 is 24.0 Å². The van der Waals surface area contributed by atoms with E-state index in [0.717, 1.165) is 60.4 Å². The Morgan fingerprint density at radius 1 is 1.12 bits per heavy atom. The van der Waals surface area contributed by atoms with Gasteiger partial charge in [-0.2, -0.15) is 0 Å². The molecule has 2 heterocycles. The van der Waals surface area contributed by atoms with E-state index < -0.39 is 0 Å². The molecule has 2 aromatic carbocycles. The maximum Gasteiger partial charge on any atom is 0.194 e. The highest BCUT2D eigenvalue weighted by Crippen LogP contribution is 2.33. The predicted molar refractivity (Wildman–Crippen MR) is 135 cm³/mol. The molecule has 1 N–H and O–H groups in total. The first-order valence-electron chi connectivity index (χ1n) is 10.9. The lowest BCUT2D eigenvalue weighted by Crippen LogP contribution is -2.44. The van der Waals surface area contributed by atoms with E-state index in [1.165, 1.54) is 23.3 Å². The SMILES string of the molecule is CCNC(=NCCc1cc(F)cc2c1OCOC2)N1CCc2cc(OC)c(OC)cc2C1.I. The maximum atomic E-state index is 14.0. The van der Waals surface area contributed by atoms with E-state index in [1.807, 2.05) is 6.07 Å². The van der Waals surface area contributed by atoms with E-state index >= 15 is 0 Å². The molecule has 2 aliphatic rings. The highest BCUT2D eigenvalue weighted by Gasteiger charge is 2.22. The minimum absolute atomic E-state index is 0. The highest BCUT2D eigenvalue weighted by molar-refractivity contribution is 14.0. The summed E-state index contributed by atoms with van der Waals surface area (Å²) >= 11 is 0. The molecule has 0 fully saturated rings. The zero-order valence-electron chi connectivity index (χ0n) is 19.3. The van der Waals surface area contributed by atoms with E-state index in [0.29, 0.717) is 19.6 Å². The standard InChI is InChI=1S/C24H30FN3O4.HI/c1-4-26-24(27-7-5-17-9-20(25)10-19-14-31-15-32-23(17)19)28-8-6-16-11-21(29-2)22(30-3)12-18(16)13-28;/h9-12H,4-8,13-15H2,1-3H3,(H,26,27);1H. The zero-order valence-corrected chi connectivity index (χ0v) is 21.6. The van der Waals surface area contributed by atoms with Crippen molar-refractivity contribution in [3.63, 3.8) is 0 Å². The highest BCUT2D eigenvalue weighted by atomic mass is 127. The lowest BCUT2D eigenvalue weighted by Gasteiger charge is -2.32. The van der Waals surface area contributed by atoms with Gasteiger partial charge in [0.1, 0.15) is 11.6 Å². The molecule has 9 heteroatoms. The third kappa shape index (κ3) is 5.81. The molecule has 0 amide bonds. The third-order valence-corrected chi connectivity index (χ3v) is 5.75. The molecule has 0 aliphatic carbocycles. The summed E-state index contributed by atoms with van der Waals surface area (Å²) in [4.78, 5) is 7.07. The summed E-state index contributed by atoms with van der Waals surface area (Å²) in [5, 5.41) is 3.39. The molecule has 33 heavy (non-hydrogen) atoms. The molecule has 0 unspecified atom stereocenters. The van der Waals surface area contributed by atoms with Crippen molar-refractivity contribution in [1.82, 2.24) is 10.2 Å². The van der Waals surface area contributed by atoms with Crippen LogP contribution in [0.5, 0.6) is 17.2 Å². The van der Waals surface area contributed by atoms with E-state index in [-0.39, 0.29) is 36.6 Å².